The summed E-state index contributed by atoms with van der Waals surface area (Å²) in [5.74, 6) is -0.841. The third-order valence-corrected chi connectivity index (χ3v) is 8.06. The van der Waals surface area contributed by atoms with Gasteiger partial charge >= 0.3 is 5.97 Å². The van der Waals surface area contributed by atoms with Crippen LogP contribution in [-0.4, -0.2) is 76.6 Å². The number of amidine groups is 1. The second-order valence-corrected chi connectivity index (χ2v) is 14.0. The minimum absolute atomic E-state index is 0.0585. The van der Waals surface area contributed by atoms with Gasteiger partial charge < -0.3 is 10.1 Å². The molecular formula is C24H37N5O7S2. The van der Waals surface area contributed by atoms with Crippen molar-refractivity contribution in [1.82, 2.24) is 10.0 Å². The lowest BCUT2D eigenvalue weighted by molar-refractivity contribution is -0.172. The molecule has 2 N–H and O–H groups in total. The number of nitrogens with zero attached hydrogens (tertiary/aromatic N) is 3. The number of anilines is 2. The van der Waals surface area contributed by atoms with Crippen LogP contribution in [0.4, 0.5) is 11.4 Å². The molecule has 1 aromatic rings. The Morgan fingerprint density at radius 3 is 2.61 bits per heavy atom. The molecule has 0 radical (unpaired) electrons. The van der Waals surface area contributed by atoms with Gasteiger partial charge in [-0.2, -0.15) is 8.42 Å². The van der Waals surface area contributed by atoms with Crippen LogP contribution in [0.3, 0.4) is 0 Å². The zero-order valence-electron chi connectivity index (χ0n) is 22.5. The van der Waals surface area contributed by atoms with Gasteiger partial charge in [0.2, 0.25) is 15.9 Å². The van der Waals surface area contributed by atoms with Crippen molar-refractivity contribution in [2.75, 3.05) is 36.0 Å². The Morgan fingerprint density at radius 1 is 1.26 bits per heavy atom. The van der Waals surface area contributed by atoms with E-state index in [4.69, 9.17) is 4.74 Å². The number of hydrazine groups is 1. The van der Waals surface area contributed by atoms with E-state index >= 15 is 0 Å². The minimum atomic E-state index is -4.20. The standard InChI is InChI=1S/C24H37N5O7S2/c1-6-36-23(31)19-9-7-8-13-28(19)29(14-12-24(2,3)4)22(30)16-21-25-18-11-10-17(26-37(5,32)33)15-20(18)38(34,35)27-21/h10-11,15,19,26H,6-9,12-14,16H2,1-5H3,(H,25,27). The second kappa shape index (κ2) is 11.6. The van der Waals surface area contributed by atoms with Crippen LogP contribution in [0.2, 0.25) is 0 Å². The van der Waals surface area contributed by atoms with E-state index in [-0.39, 0.29) is 46.5 Å². The predicted octanol–water partition coefficient (Wildman–Crippen LogP) is 2.56. The third-order valence-electron chi connectivity index (χ3n) is 6.10. The monoisotopic (exact) mass is 571 g/mol. The molecule has 1 fully saturated rings. The van der Waals surface area contributed by atoms with Gasteiger partial charge in [0.15, 0.2) is 0 Å². The molecule has 1 aromatic carbocycles. The smallest absolute Gasteiger partial charge is 0.325 e. The first-order chi connectivity index (χ1) is 17.6. The van der Waals surface area contributed by atoms with Crippen molar-refractivity contribution in [2.24, 2.45) is 9.81 Å². The molecule has 38 heavy (non-hydrogen) atoms. The highest BCUT2D eigenvalue weighted by atomic mass is 32.2. The number of carbonyl (C=O) groups is 2. The predicted molar refractivity (Wildman–Crippen MR) is 145 cm³/mol. The van der Waals surface area contributed by atoms with E-state index in [1.54, 1.807) is 11.9 Å². The maximum Gasteiger partial charge on any atom is 0.325 e. The first kappa shape index (κ1) is 29.8. The molecule has 1 atom stereocenters. The Bertz CT molecular complexity index is 1300. The molecular weight excluding hydrogens is 534 g/mol. The Balaban J connectivity index is 1.87. The highest BCUT2D eigenvalue weighted by Crippen LogP contribution is 2.31. The van der Waals surface area contributed by atoms with Gasteiger partial charge in [-0.25, -0.2) is 13.4 Å². The Morgan fingerprint density at radius 2 is 1.97 bits per heavy atom. The van der Waals surface area contributed by atoms with Gasteiger partial charge in [-0.05, 0) is 56.2 Å². The van der Waals surface area contributed by atoms with E-state index < -0.39 is 32.0 Å². The van der Waals surface area contributed by atoms with Crippen molar-refractivity contribution in [2.45, 2.75) is 70.7 Å². The quantitative estimate of drug-likeness (QED) is 0.426. The maximum absolute atomic E-state index is 13.6. The fourth-order valence-electron chi connectivity index (χ4n) is 4.32. The number of benzene rings is 1. The first-order valence-corrected chi connectivity index (χ1v) is 15.9. The summed E-state index contributed by atoms with van der Waals surface area (Å²) in [6, 6.07) is 3.41. The molecule has 3 rings (SSSR count). The van der Waals surface area contributed by atoms with Crippen molar-refractivity contribution >= 4 is 49.1 Å². The summed E-state index contributed by atoms with van der Waals surface area (Å²) >= 11 is 0. The number of fused-ring (bicyclic) bond motifs is 1. The number of hydrogen-bond acceptors (Lipinski definition) is 9. The van der Waals surface area contributed by atoms with Gasteiger partial charge in [-0.15, -0.1) is 4.40 Å². The van der Waals surface area contributed by atoms with Crippen LogP contribution in [0.1, 0.15) is 59.8 Å². The van der Waals surface area contributed by atoms with Crippen LogP contribution in [-0.2, 0) is 34.4 Å². The lowest BCUT2D eigenvalue weighted by Crippen LogP contribution is -2.57. The molecule has 0 saturated carbocycles. The van der Waals surface area contributed by atoms with Crippen LogP contribution >= 0.6 is 0 Å². The average molecular weight is 572 g/mol. The van der Waals surface area contributed by atoms with E-state index in [0.717, 1.165) is 19.1 Å². The van der Waals surface area contributed by atoms with E-state index in [0.29, 0.717) is 25.9 Å². The van der Waals surface area contributed by atoms with Crippen molar-refractivity contribution in [1.29, 1.82) is 0 Å². The lowest BCUT2D eigenvalue weighted by atomic mass is 9.92. The zero-order valence-corrected chi connectivity index (χ0v) is 24.1. The summed E-state index contributed by atoms with van der Waals surface area (Å²) in [5.41, 5.74) is 0.175. The number of nitrogens with one attached hydrogen (secondary N) is 2. The number of ether oxygens (including phenoxy) is 1. The Labute approximate surface area is 224 Å². The Kier molecular flexibility index (Phi) is 9.09. The summed E-state index contributed by atoms with van der Waals surface area (Å²) in [6.07, 6.45) is 3.48. The topological polar surface area (TPSA) is 155 Å². The van der Waals surface area contributed by atoms with Crippen molar-refractivity contribution in [3.8, 4) is 0 Å². The van der Waals surface area contributed by atoms with Crippen molar-refractivity contribution in [3.63, 3.8) is 0 Å². The lowest BCUT2D eigenvalue weighted by Gasteiger charge is -2.42. The van der Waals surface area contributed by atoms with E-state index in [9.17, 15) is 26.4 Å². The van der Waals surface area contributed by atoms with Gasteiger partial charge in [0.05, 0.1) is 25.0 Å². The molecule has 2 aliphatic heterocycles. The van der Waals surface area contributed by atoms with E-state index in [1.807, 2.05) is 0 Å². The molecule has 1 unspecified atom stereocenters. The number of hydrogen-bond donors (Lipinski definition) is 2. The molecule has 14 heteroatoms. The van der Waals surface area contributed by atoms with E-state index in [1.165, 1.54) is 23.2 Å². The van der Waals surface area contributed by atoms with Crippen LogP contribution in [0.15, 0.2) is 27.5 Å². The molecule has 2 aliphatic rings. The summed E-state index contributed by atoms with van der Waals surface area (Å²) in [7, 11) is -7.81. The second-order valence-electron chi connectivity index (χ2n) is 10.7. The molecule has 12 nitrogen and oxygen atoms in total. The molecule has 1 amide bonds. The highest BCUT2D eigenvalue weighted by Gasteiger charge is 2.37. The number of sulfonamides is 2. The first-order valence-electron chi connectivity index (χ1n) is 12.6. The van der Waals surface area contributed by atoms with Gasteiger partial charge in [-0.3, -0.25) is 19.3 Å². The summed E-state index contributed by atoms with van der Waals surface area (Å²) in [4.78, 5) is 26.1. The van der Waals surface area contributed by atoms with Gasteiger partial charge in [0, 0.05) is 18.8 Å². The van der Waals surface area contributed by atoms with Gasteiger partial charge in [0.25, 0.3) is 10.0 Å². The molecule has 0 aromatic heterocycles. The Hall–Kier alpha value is -2.71. The van der Waals surface area contributed by atoms with Crippen LogP contribution in [0.5, 0.6) is 0 Å². The molecule has 0 aliphatic carbocycles. The summed E-state index contributed by atoms with van der Waals surface area (Å²) in [6.45, 7) is 8.97. The number of piperidine rings is 1. The number of esters is 1. The number of carbonyl (C=O) groups excluding carboxylic acids is 2. The number of rotatable bonds is 9. The van der Waals surface area contributed by atoms with E-state index in [2.05, 4.69) is 35.2 Å². The van der Waals surface area contributed by atoms with Crippen LogP contribution in [0, 0.1) is 5.41 Å². The number of amides is 1. The van der Waals surface area contributed by atoms with Crippen molar-refractivity contribution in [3.05, 3.63) is 18.2 Å². The SMILES string of the molecule is CCOC(=O)C1CCCCN1N(CCC(C)(C)C)C(=O)CC1=NS(=O)(=O)c2cc(NS(C)(=O)=O)ccc2N1. The molecule has 1 saturated heterocycles. The van der Waals surface area contributed by atoms with Gasteiger partial charge in [0.1, 0.15) is 16.8 Å². The normalized spacial score (nSPS) is 19.5. The fraction of sp³-hybridized carbons (Fsp3) is 0.625. The molecule has 0 bridgehead atoms. The average Bonchev–Trinajstić information content (AvgIpc) is 2.78. The largest absolute Gasteiger partial charge is 0.465 e. The van der Waals surface area contributed by atoms with Crippen molar-refractivity contribution < 1.29 is 31.2 Å². The highest BCUT2D eigenvalue weighted by molar-refractivity contribution is 7.92. The fourth-order valence-corrected chi connectivity index (χ4v) is 6.05. The maximum atomic E-state index is 13.6. The summed E-state index contributed by atoms with van der Waals surface area (Å²) < 4.78 is 60.2. The summed E-state index contributed by atoms with van der Waals surface area (Å²) in [5, 5.41) is 6.19. The minimum Gasteiger partial charge on any atom is -0.465 e. The molecule has 2 heterocycles. The molecule has 212 valence electrons. The van der Waals surface area contributed by atoms with Crippen LogP contribution < -0.4 is 10.0 Å². The third kappa shape index (κ3) is 7.90. The molecule has 0 spiro atoms. The van der Waals surface area contributed by atoms with Crippen LogP contribution in [0.25, 0.3) is 0 Å². The van der Waals surface area contributed by atoms with Gasteiger partial charge in [-0.1, -0.05) is 20.8 Å². The zero-order chi connectivity index (χ0) is 28.3.